The summed E-state index contributed by atoms with van der Waals surface area (Å²) < 4.78 is 10.6. The highest BCUT2D eigenvalue weighted by molar-refractivity contribution is 6.39. The average Bonchev–Trinajstić information content (AvgIpc) is 2.61. The fraction of sp³-hybridized carbons (Fsp3) is 0.263. The van der Waals surface area contributed by atoms with Gasteiger partial charge in [-0.1, -0.05) is 49.2 Å². The molecule has 0 saturated heterocycles. The highest BCUT2D eigenvalue weighted by atomic mass is 35.5. The van der Waals surface area contributed by atoms with E-state index in [4.69, 9.17) is 32.7 Å². The number of amides is 1. The van der Waals surface area contributed by atoms with Gasteiger partial charge in [0, 0.05) is 0 Å². The van der Waals surface area contributed by atoms with Gasteiger partial charge >= 0.3 is 5.97 Å². The first kappa shape index (κ1) is 20.1. The third-order valence-electron chi connectivity index (χ3n) is 3.21. The zero-order chi connectivity index (χ0) is 19.1. The number of halogens is 2. The summed E-state index contributed by atoms with van der Waals surface area (Å²) in [5.74, 6) is -0.229. The zero-order valence-corrected chi connectivity index (χ0v) is 15.9. The highest BCUT2D eigenvalue weighted by Gasteiger charge is 2.14. The second-order valence-corrected chi connectivity index (χ2v) is 6.77. The topological polar surface area (TPSA) is 64.6 Å². The third-order valence-corrected chi connectivity index (χ3v) is 3.84. The van der Waals surface area contributed by atoms with Crippen LogP contribution < -0.4 is 10.1 Å². The molecule has 7 heteroatoms. The molecule has 1 amide bonds. The number of nitrogens with one attached hydrogen (secondary N) is 1. The largest absolute Gasteiger partial charge is 0.493 e. The lowest BCUT2D eigenvalue weighted by Crippen LogP contribution is -2.21. The van der Waals surface area contributed by atoms with E-state index in [1.807, 2.05) is 13.8 Å². The molecule has 0 atom stereocenters. The molecule has 26 heavy (non-hydrogen) atoms. The summed E-state index contributed by atoms with van der Waals surface area (Å²) in [4.78, 5) is 24.1. The number of esters is 1. The van der Waals surface area contributed by atoms with E-state index < -0.39 is 18.5 Å². The normalized spacial score (nSPS) is 10.5. The molecule has 2 aromatic carbocycles. The fourth-order valence-electron chi connectivity index (χ4n) is 1.98. The van der Waals surface area contributed by atoms with Gasteiger partial charge in [0.05, 0.1) is 27.9 Å². The second-order valence-electron chi connectivity index (χ2n) is 5.95. The van der Waals surface area contributed by atoms with Gasteiger partial charge in [-0.15, -0.1) is 0 Å². The lowest BCUT2D eigenvalue weighted by atomic mass is 10.2. The predicted molar refractivity (Wildman–Crippen MR) is 102 cm³/mol. The maximum absolute atomic E-state index is 12.1. The predicted octanol–water partition coefficient (Wildman–Crippen LogP) is 4.82. The number of carbonyl (C=O) groups is 2. The van der Waals surface area contributed by atoms with E-state index in [-0.39, 0.29) is 5.69 Å². The molecule has 0 aromatic heterocycles. The number of ether oxygens (including phenoxy) is 2. The summed E-state index contributed by atoms with van der Waals surface area (Å²) in [6, 6.07) is 11.5. The zero-order valence-electron chi connectivity index (χ0n) is 14.4. The van der Waals surface area contributed by atoms with Crippen molar-refractivity contribution < 1.29 is 19.1 Å². The fourth-order valence-corrected chi connectivity index (χ4v) is 2.47. The van der Waals surface area contributed by atoms with Gasteiger partial charge in [-0.25, -0.2) is 4.79 Å². The summed E-state index contributed by atoms with van der Waals surface area (Å²) in [7, 11) is 0. The molecular weight excluding hydrogens is 377 g/mol. The minimum Gasteiger partial charge on any atom is -0.493 e. The van der Waals surface area contributed by atoms with Crippen molar-refractivity contribution in [2.24, 2.45) is 5.92 Å². The van der Waals surface area contributed by atoms with Crippen molar-refractivity contribution >= 4 is 40.8 Å². The minimum atomic E-state index is -0.625. The van der Waals surface area contributed by atoms with Crippen LogP contribution in [0.5, 0.6) is 5.75 Å². The van der Waals surface area contributed by atoms with Crippen LogP contribution in [0.15, 0.2) is 42.5 Å². The number of para-hydroxylation sites is 1. The Morgan fingerprint density at radius 1 is 1.08 bits per heavy atom. The van der Waals surface area contributed by atoms with Gasteiger partial charge in [-0.05, 0) is 36.2 Å². The molecule has 0 unspecified atom stereocenters. The molecule has 0 heterocycles. The lowest BCUT2D eigenvalue weighted by molar-refractivity contribution is -0.119. The summed E-state index contributed by atoms with van der Waals surface area (Å²) in [6.07, 6.45) is 0. The van der Waals surface area contributed by atoms with Crippen molar-refractivity contribution in [3.63, 3.8) is 0 Å². The number of carbonyl (C=O) groups excluding carboxylic acids is 2. The van der Waals surface area contributed by atoms with Crippen molar-refractivity contribution in [3.8, 4) is 5.75 Å². The molecule has 2 aromatic rings. The summed E-state index contributed by atoms with van der Waals surface area (Å²) in [5.41, 5.74) is 0.579. The molecule has 0 aliphatic rings. The van der Waals surface area contributed by atoms with Gasteiger partial charge in [0.15, 0.2) is 6.61 Å². The van der Waals surface area contributed by atoms with Crippen LogP contribution in [0.1, 0.15) is 24.2 Å². The molecule has 0 bridgehead atoms. The molecule has 0 aliphatic heterocycles. The number of hydrogen-bond donors (Lipinski definition) is 1. The van der Waals surface area contributed by atoms with Crippen molar-refractivity contribution in [2.45, 2.75) is 13.8 Å². The Morgan fingerprint density at radius 2 is 1.73 bits per heavy atom. The Morgan fingerprint density at radius 3 is 2.38 bits per heavy atom. The Bertz CT molecular complexity index is 773. The van der Waals surface area contributed by atoms with Crippen LogP contribution in [0.2, 0.25) is 10.0 Å². The first-order valence-corrected chi connectivity index (χ1v) is 8.76. The summed E-state index contributed by atoms with van der Waals surface area (Å²) in [6.45, 7) is 4.14. The maximum Gasteiger partial charge on any atom is 0.338 e. The van der Waals surface area contributed by atoms with Crippen LogP contribution in [0, 0.1) is 5.92 Å². The molecule has 0 fully saturated rings. The SMILES string of the molecule is CC(C)COc1cccc(C(=O)OCC(=O)Nc2c(Cl)cccc2Cl)c1. The van der Waals surface area contributed by atoms with Gasteiger partial charge in [-0.3, -0.25) is 4.79 Å². The average molecular weight is 396 g/mol. The van der Waals surface area contributed by atoms with Crippen LogP contribution in [-0.2, 0) is 9.53 Å². The van der Waals surface area contributed by atoms with Gasteiger partial charge in [-0.2, -0.15) is 0 Å². The van der Waals surface area contributed by atoms with Gasteiger partial charge in [0.1, 0.15) is 5.75 Å². The lowest BCUT2D eigenvalue weighted by Gasteiger charge is -2.11. The Labute approximate surface area is 162 Å². The van der Waals surface area contributed by atoms with E-state index >= 15 is 0 Å². The molecule has 0 radical (unpaired) electrons. The third kappa shape index (κ3) is 5.93. The maximum atomic E-state index is 12.1. The molecular formula is C19H19Cl2NO4. The second kappa shape index (κ2) is 9.46. The van der Waals surface area contributed by atoms with E-state index in [0.29, 0.717) is 33.9 Å². The first-order valence-electron chi connectivity index (χ1n) is 8.00. The molecule has 5 nitrogen and oxygen atoms in total. The Balaban J connectivity index is 1.92. The van der Waals surface area contributed by atoms with E-state index in [2.05, 4.69) is 5.32 Å². The van der Waals surface area contributed by atoms with Crippen molar-refractivity contribution in [1.82, 2.24) is 0 Å². The van der Waals surface area contributed by atoms with E-state index in [1.165, 1.54) is 0 Å². The quantitative estimate of drug-likeness (QED) is 0.682. The first-order chi connectivity index (χ1) is 12.4. The smallest absolute Gasteiger partial charge is 0.338 e. The molecule has 2 rings (SSSR count). The standard InChI is InChI=1S/C19H19Cl2NO4/c1-12(2)10-25-14-6-3-5-13(9-14)19(24)26-11-17(23)22-18-15(20)7-4-8-16(18)21/h3-9,12H,10-11H2,1-2H3,(H,22,23). The van der Waals surface area contributed by atoms with E-state index in [9.17, 15) is 9.59 Å². The minimum absolute atomic E-state index is 0.279. The van der Waals surface area contributed by atoms with E-state index in [1.54, 1.807) is 42.5 Å². The van der Waals surface area contributed by atoms with Crippen LogP contribution in [0.25, 0.3) is 0 Å². The van der Waals surface area contributed by atoms with Gasteiger partial charge in [0.2, 0.25) is 0 Å². The molecule has 1 N–H and O–H groups in total. The van der Waals surface area contributed by atoms with Crippen LogP contribution in [0.3, 0.4) is 0 Å². The van der Waals surface area contributed by atoms with Crippen molar-refractivity contribution in [3.05, 3.63) is 58.1 Å². The molecule has 0 aliphatic carbocycles. The van der Waals surface area contributed by atoms with Crippen molar-refractivity contribution in [1.29, 1.82) is 0 Å². The summed E-state index contributed by atoms with van der Waals surface area (Å²) in [5, 5.41) is 3.12. The van der Waals surface area contributed by atoms with Crippen LogP contribution in [-0.4, -0.2) is 25.1 Å². The number of rotatable bonds is 7. The Kier molecular flexibility index (Phi) is 7.30. The van der Waals surface area contributed by atoms with E-state index in [0.717, 1.165) is 0 Å². The highest BCUT2D eigenvalue weighted by Crippen LogP contribution is 2.29. The van der Waals surface area contributed by atoms with Crippen LogP contribution in [0.4, 0.5) is 5.69 Å². The summed E-state index contributed by atoms with van der Waals surface area (Å²) >= 11 is 12.0. The molecule has 0 spiro atoms. The molecule has 138 valence electrons. The van der Waals surface area contributed by atoms with Gasteiger partial charge in [0.25, 0.3) is 5.91 Å². The van der Waals surface area contributed by atoms with Crippen LogP contribution >= 0.6 is 23.2 Å². The van der Waals surface area contributed by atoms with Gasteiger partial charge < -0.3 is 14.8 Å². The number of benzene rings is 2. The Hall–Kier alpha value is -2.24. The van der Waals surface area contributed by atoms with Crippen molar-refractivity contribution in [2.75, 3.05) is 18.5 Å². The monoisotopic (exact) mass is 395 g/mol. The molecule has 0 saturated carbocycles. The number of anilines is 1. The number of hydrogen-bond acceptors (Lipinski definition) is 4.